The lowest BCUT2D eigenvalue weighted by atomic mass is 10.0. The first-order chi connectivity index (χ1) is 26.5. The van der Waals surface area contributed by atoms with E-state index in [0.717, 1.165) is 72.7 Å². The zero-order valence-electron chi connectivity index (χ0n) is 28.7. The van der Waals surface area contributed by atoms with Crippen molar-refractivity contribution in [3.63, 3.8) is 0 Å². The molecule has 0 aliphatic rings. The number of aromatic nitrogens is 2. The van der Waals surface area contributed by atoms with Gasteiger partial charge in [0.05, 0.1) is 33.4 Å². The van der Waals surface area contributed by atoms with Gasteiger partial charge in [0, 0.05) is 49.9 Å². The summed E-state index contributed by atoms with van der Waals surface area (Å²) < 4.78 is 60.6. The van der Waals surface area contributed by atoms with E-state index in [0.29, 0.717) is 11.1 Å². The Balaban J connectivity index is 0.000000142. The van der Waals surface area contributed by atoms with Crippen LogP contribution < -0.4 is 0 Å². The van der Waals surface area contributed by atoms with E-state index in [1.165, 1.54) is 24.3 Å². The highest BCUT2D eigenvalue weighted by Crippen LogP contribution is 2.38. The number of para-hydroxylation sites is 6. The third kappa shape index (κ3) is 5.60. The van der Waals surface area contributed by atoms with Gasteiger partial charge in [0.1, 0.15) is 23.3 Å². The molecule has 10 aromatic rings. The van der Waals surface area contributed by atoms with E-state index in [1.54, 1.807) is 0 Å². The Labute approximate surface area is 308 Å². The molecule has 0 bridgehead atoms. The summed E-state index contributed by atoms with van der Waals surface area (Å²) in [6, 6.07) is 55.1. The van der Waals surface area contributed by atoms with Crippen LogP contribution in [-0.2, 0) is 0 Å². The van der Waals surface area contributed by atoms with Crippen LogP contribution in [0.25, 0.3) is 77.2 Å². The van der Waals surface area contributed by atoms with Gasteiger partial charge in [-0.2, -0.15) is 0 Å². The van der Waals surface area contributed by atoms with Crippen LogP contribution in [-0.4, -0.2) is 9.13 Å². The molecule has 0 N–H and O–H groups in total. The summed E-state index contributed by atoms with van der Waals surface area (Å²) in [6.45, 7) is 0. The maximum absolute atomic E-state index is 14.5. The number of hydrogen-bond donors (Lipinski definition) is 0. The van der Waals surface area contributed by atoms with Gasteiger partial charge >= 0.3 is 0 Å². The second-order valence-electron chi connectivity index (χ2n) is 13.0. The van der Waals surface area contributed by atoms with Crippen LogP contribution in [0.4, 0.5) is 17.6 Å². The quantitative estimate of drug-likeness (QED) is 0.161. The lowest BCUT2D eigenvalue weighted by Crippen LogP contribution is -1.98. The van der Waals surface area contributed by atoms with Crippen molar-refractivity contribution in [3.8, 4) is 33.6 Å². The van der Waals surface area contributed by atoms with Crippen molar-refractivity contribution in [1.82, 2.24) is 9.13 Å². The molecule has 0 fully saturated rings. The van der Waals surface area contributed by atoms with Crippen LogP contribution in [0.2, 0.25) is 0 Å². The zero-order chi connectivity index (χ0) is 36.8. The molecular weight excluding hydrogens is 681 g/mol. The van der Waals surface area contributed by atoms with E-state index in [2.05, 4.69) is 45.5 Å². The van der Waals surface area contributed by atoms with Crippen molar-refractivity contribution in [1.29, 1.82) is 0 Å². The minimum Gasteiger partial charge on any atom is -0.309 e. The Kier molecular flexibility index (Phi) is 8.28. The maximum Gasteiger partial charge on any atom is 0.134 e. The van der Waals surface area contributed by atoms with Crippen LogP contribution in [0, 0.1) is 23.3 Å². The highest BCUT2D eigenvalue weighted by molar-refractivity contribution is 6.10. The fourth-order valence-corrected chi connectivity index (χ4v) is 7.57. The fraction of sp³-hybridized carbons (Fsp3) is 0. The van der Waals surface area contributed by atoms with Gasteiger partial charge < -0.3 is 9.13 Å². The molecule has 0 spiro atoms. The molecule has 6 heteroatoms. The molecule has 0 radical (unpaired) electrons. The first-order valence-electron chi connectivity index (χ1n) is 17.5. The standard InChI is InChI=1S/2C24H15F2N/c25-16-13-14-17(21(26)15-16)18-7-1-4-10-22(18)27-23-11-5-2-8-19(23)20-9-3-6-12-24(20)27;25-16-13-14-21(26)20(15-16)19-9-3-6-12-24(19)27-22-10-4-1-7-17(22)18-8-2-5-11-23(18)27/h2*1-15H. The minimum atomic E-state index is -0.578. The van der Waals surface area contributed by atoms with Gasteiger partial charge in [-0.25, -0.2) is 17.6 Å². The molecule has 0 saturated heterocycles. The van der Waals surface area contributed by atoms with Gasteiger partial charge in [-0.05, 0) is 66.7 Å². The largest absolute Gasteiger partial charge is 0.309 e. The predicted octanol–water partition coefficient (Wildman–Crippen LogP) is 13.5. The number of benzene rings is 8. The molecule has 54 heavy (non-hydrogen) atoms. The highest BCUT2D eigenvalue weighted by atomic mass is 19.1. The summed E-state index contributed by atoms with van der Waals surface area (Å²) >= 11 is 0. The lowest BCUT2D eigenvalue weighted by molar-refractivity contribution is 0.585. The van der Waals surface area contributed by atoms with Crippen LogP contribution in [0.5, 0.6) is 0 Å². The third-order valence-electron chi connectivity index (χ3n) is 9.89. The first kappa shape index (κ1) is 33.0. The molecule has 10 rings (SSSR count). The Bertz CT molecular complexity index is 2900. The zero-order valence-corrected chi connectivity index (χ0v) is 28.7. The molecule has 2 aromatic heterocycles. The van der Waals surface area contributed by atoms with Crippen molar-refractivity contribution in [3.05, 3.63) is 205 Å². The molecule has 2 heterocycles. The van der Waals surface area contributed by atoms with Crippen LogP contribution in [0.1, 0.15) is 0 Å². The molecule has 0 unspecified atom stereocenters. The minimum absolute atomic E-state index is 0.257. The van der Waals surface area contributed by atoms with Crippen molar-refractivity contribution < 1.29 is 17.6 Å². The van der Waals surface area contributed by atoms with E-state index >= 15 is 0 Å². The summed E-state index contributed by atoms with van der Waals surface area (Å²) in [5.41, 5.74) is 7.86. The fourth-order valence-electron chi connectivity index (χ4n) is 7.57. The second-order valence-corrected chi connectivity index (χ2v) is 13.0. The normalized spacial score (nSPS) is 11.3. The number of halogens is 4. The molecule has 0 aliphatic carbocycles. The van der Waals surface area contributed by atoms with Crippen LogP contribution >= 0.6 is 0 Å². The Morgan fingerprint density at radius 2 is 0.648 bits per heavy atom. The monoisotopic (exact) mass is 710 g/mol. The highest BCUT2D eigenvalue weighted by Gasteiger charge is 2.18. The van der Waals surface area contributed by atoms with Crippen LogP contribution in [0.15, 0.2) is 182 Å². The molecule has 0 amide bonds. The van der Waals surface area contributed by atoms with Gasteiger partial charge in [-0.15, -0.1) is 0 Å². The Hall–Kier alpha value is -6.92. The van der Waals surface area contributed by atoms with Crippen molar-refractivity contribution in [2.24, 2.45) is 0 Å². The molecule has 0 saturated carbocycles. The topological polar surface area (TPSA) is 9.86 Å². The van der Waals surface area contributed by atoms with Crippen molar-refractivity contribution in [2.75, 3.05) is 0 Å². The Morgan fingerprint density at radius 3 is 1.11 bits per heavy atom. The number of fused-ring (bicyclic) bond motifs is 6. The molecule has 0 aliphatic heterocycles. The maximum atomic E-state index is 14.5. The molecule has 2 nitrogen and oxygen atoms in total. The predicted molar refractivity (Wildman–Crippen MR) is 212 cm³/mol. The average molecular weight is 711 g/mol. The summed E-state index contributed by atoms with van der Waals surface area (Å²) in [4.78, 5) is 0. The van der Waals surface area contributed by atoms with Crippen molar-refractivity contribution in [2.45, 2.75) is 0 Å². The van der Waals surface area contributed by atoms with E-state index in [9.17, 15) is 17.6 Å². The average Bonchev–Trinajstić information content (AvgIpc) is 3.72. The van der Waals surface area contributed by atoms with Gasteiger partial charge in [0.25, 0.3) is 0 Å². The number of rotatable bonds is 4. The number of hydrogen-bond acceptors (Lipinski definition) is 0. The van der Waals surface area contributed by atoms with Gasteiger partial charge in [-0.1, -0.05) is 109 Å². The third-order valence-corrected chi connectivity index (χ3v) is 9.89. The Morgan fingerprint density at radius 1 is 0.278 bits per heavy atom. The summed E-state index contributed by atoms with van der Waals surface area (Å²) in [6.07, 6.45) is 0. The van der Waals surface area contributed by atoms with Crippen molar-refractivity contribution >= 4 is 43.6 Å². The van der Waals surface area contributed by atoms with Gasteiger partial charge in [-0.3, -0.25) is 0 Å². The molecular formula is C48H30F4N2. The van der Waals surface area contributed by atoms with E-state index < -0.39 is 23.3 Å². The summed E-state index contributed by atoms with van der Waals surface area (Å²) in [5, 5.41) is 4.54. The molecule has 260 valence electrons. The van der Waals surface area contributed by atoms with E-state index in [1.807, 2.05) is 109 Å². The van der Waals surface area contributed by atoms with E-state index in [4.69, 9.17) is 0 Å². The first-order valence-corrected chi connectivity index (χ1v) is 17.5. The summed E-state index contributed by atoms with van der Waals surface area (Å²) in [5.74, 6) is -2.04. The van der Waals surface area contributed by atoms with Gasteiger partial charge in [0.2, 0.25) is 0 Å². The second kappa shape index (κ2) is 13.6. The van der Waals surface area contributed by atoms with E-state index in [-0.39, 0.29) is 5.56 Å². The lowest BCUT2D eigenvalue weighted by Gasteiger charge is -2.14. The molecule has 8 aromatic carbocycles. The molecule has 0 atom stereocenters. The van der Waals surface area contributed by atoms with Gasteiger partial charge in [0.15, 0.2) is 0 Å². The SMILES string of the molecule is Fc1ccc(-c2ccccc2-n2c3ccccc3c3ccccc32)c(F)c1.Fc1ccc(F)c(-c2ccccc2-n2c3ccccc3c3ccccc32)c1. The smallest absolute Gasteiger partial charge is 0.134 e. The van der Waals surface area contributed by atoms with Crippen LogP contribution in [0.3, 0.4) is 0 Å². The summed E-state index contributed by atoms with van der Waals surface area (Å²) in [7, 11) is 0. The number of nitrogens with zero attached hydrogens (tertiary/aromatic N) is 2.